The molecule has 2 rings (SSSR count). The van der Waals surface area contributed by atoms with Crippen molar-refractivity contribution in [1.29, 1.82) is 0 Å². The van der Waals surface area contributed by atoms with E-state index in [0.717, 1.165) is 36.6 Å². The Morgan fingerprint density at radius 1 is 1.43 bits per heavy atom. The fourth-order valence-corrected chi connectivity index (χ4v) is 3.37. The van der Waals surface area contributed by atoms with Gasteiger partial charge in [0.05, 0.1) is 6.61 Å². The lowest BCUT2D eigenvalue weighted by molar-refractivity contribution is 0.101. The molecule has 1 fully saturated rings. The standard InChI is InChI=1S/C17H27BrN2O/c1-3-19-12-14-6-7-15(17(18)11-14)13-21-10-8-16-5-4-9-20(16)2/h6-7,11,16,19H,3-5,8-10,12-13H2,1-2H3. The van der Waals surface area contributed by atoms with Crippen LogP contribution >= 0.6 is 15.9 Å². The molecule has 1 aliphatic rings. The predicted molar refractivity (Wildman–Crippen MR) is 91.4 cm³/mol. The SMILES string of the molecule is CCNCc1ccc(COCCC2CCCN2C)c(Br)c1. The number of likely N-dealkylation sites (tertiary alicyclic amines) is 1. The molecule has 1 atom stereocenters. The van der Waals surface area contributed by atoms with Crippen molar-refractivity contribution >= 4 is 15.9 Å². The molecule has 0 bridgehead atoms. The van der Waals surface area contributed by atoms with Gasteiger partial charge < -0.3 is 15.0 Å². The Hall–Kier alpha value is -0.420. The van der Waals surface area contributed by atoms with Gasteiger partial charge in [0.1, 0.15) is 0 Å². The van der Waals surface area contributed by atoms with Crippen molar-refractivity contribution < 1.29 is 4.74 Å². The summed E-state index contributed by atoms with van der Waals surface area (Å²) >= 11 is 3.65. The van der Waals surface area contributed by atoms with Crippen LogP contribution in [-0.2, 0) is 17.9 Å². The molecule has 1 unspecified atom stereocenters. The van der Waals surface area contributed by atoms with Gasteiger partial charge in [-0.3, -0.25) is 0 Å². The van der Waals surface area contributed by atoms with Crippen molar-refractivity contribution in [3.8, 4) is 0 Å². The number of nitrogens with zero attached hydrogens (tertiary/aromatic N) is 1. The predicted octanol–water partition coefficient (Wildman–Crippen LogP) is 3.56. The van der Waals surface area contributed by atoms with Crippen molar-refractivity contribution in [3.63, 3.8) is 0 Å². The smallest absolute Gasteiger partial charge is 0.0727 e. The molecule has 0 aromatic heterocycles. The molecule has 0 spiro atoms. The van der Waals surface area contributed by atoms with Gasteiger partial charge in [0, 0.05) is 23.7 Å². The van der Waals surface area contributed by atoms with Crippen molar-refractivity contribution in [3.05, 3.63) is 33.8 Å². The van der Waals surface area contributed by atoms with Crippen molar-refractivity contribution in [1.82, 2.24) is 10.2 Å². The van der Waals surface area contributed by atoms with Gasteiger partial charge in [0.25, 0.3) is 0 Å². The maximum Gasteiger partial charge on any atom is 0.0727 e. The number of ether oxygens (including phenoxy) is 1. The number of hydrogen-bond donors (Lipinski definition) is 1. The summed E-state index contributed by atoms with van der Waals surface area (Å²) in [6.45, 7) is 6.82. The number of rotatable bonds is 8. The summed E-state index contributed by atoms with van der Waals surface area (Å²) in [5, 5.41) is 3.34. The van der Waals surface area contributed by atoms with Gasteiger partial charge in [-0.15, -0.1) is 0 Å². The van der Waals surface area contributed by atoms with Gasteiger partial charge >= 0.3 is 0 Å². The fourth-order valence-electron chi connectivity index (χ4n) is 2.83. The summed E-state index contributed by atoms with van der Waals surface area (Å²) in [5.41, 5.74) is 2.54. The van der Waals surface area contributed by atoms with Gasteiger partial charge in [-0.05, 0) is 56.6 Å². The van der Waals surface area contributed by atoms with E-state index >= 15 is 0 Å². The van der Waals surface area contributed by atoms with Crippen LogP contribution in [0, 0.1) is 0 Å². The normalized spacial score (nSPS) is 19.3. The summed E-state index contributed by atoms with van der Waals surface area (Å²) < 4.78 is 7.01. The molecule has 1 saturated heterocycles. The van der Waals surface area contributed by atoms with Crippen LogP contribution in [-0.4, -0.2) is 37.7 Å². The van der Waals surface area contributed by atoms with Gasteiger partial charge in [0.15, 0.2) is 0 Å². The largest absolute Gasteiger partial charge is 0.377 e. The highest BCUT2D eigenvalue weighted by atomic mass is 79.9. The van der Waals surface area contributed by atoms with Crippen LogP contribution in [0.25, 0.3) is 0 Å². The maximum absolute atomic E-state index is 5.86. The Labute approximate surface area is 137 Å². The Morgan fingerprint density at radius 3 is 2.95 bits per heavy atom. The lowest BCUT2D eigenvalue weighted by atomic mass is 10.1. The zero-order chi connectivity index (χ0) is 15.1. The second-order valence-corrected chi connectivity index (χ2v) is 6.68. The molecule has 1 N–H and O–H groups in total. The Kier molecular flexibility index (Phi) is 7.17. The molecule has 1 aromatic rings. The van der Waals surface area contributed by atoms with Crippen molar-refractivity contribution in [2.45, 2.75) is 45.4 Å². The van der Waals surface area contributed by atoms with Crippen LogP contribution in [0.1, 0.15) is 37.3 Å². The van der Waals surface area contributed by atoms with Crippen LogP contribution in [0.4, 0.5) is 0 Å². The van der Waals surface area contributed by atoms with Crippen LogP contribution < -0.4 is 5.32 Å². The zero-order valence-electron chi connectivity index (χ0n) is 13.2. The summed E-state index contributed by atoms with van der Waals surface area (Å²) in [6, 6.07) is 7.25. The van der Waals surface area contributed by atoms with Gasteiger partial charge in [-0.2, -0.15) is 0 Å². The third-order valence-electron chi connectivity index (χ3n) is 4.22. The lowest BCUT2D eigenvalue weighted by Gasteiger charge is -2.19. The first-order chi connectivity index (χ1) is 10.2. The Balaban J connectivity index is 1.72. The second-order valence-electron chi connectivity index (χ2n) is 5.82. The summed E-state index contributed by atoms with van der Waals surface area (Å²) in [4.78, 5) is 2.45. The van der Waals surface area contributed by atoms with Gasteiger partial charge in [-0.1, -0.05) is 35.0 Å². The maximum atomic E-state index is 5.86. The highest BCUT2D eigenvalue weighted by molar-refractivity contribution is 9.10. The molecule has 1 aliphatic heterocycles. The highest BCUT2D eigenvalue weighted by Gasteiger charge is 2.20. The quantitative estimate of drug-likeness (QED) is 0.722. The molecular weight excluding hydrogens is 328 g/mol. The summed E-state index contributed by atoms with van der Waals surface area (Å²) in [7, 11) is 2.22. The summed E-state index contributed by atoms with van der Waals surface area (Å²) in [6.07, 6.45) is 3.80. The van der Waals surface area contributed by atoms with E-state index in [-0.39, 0.29) is 0 Å². The highest BCUT2D eigenvalue weighted by Crippen LogP contribution is 2.21. The van der Waals surface area contributed by atoms with Crippen LogP contribution in [0.3, 0.4) is 0 Å². The van der Waals surface area contributed by atoms with Gasteiger partial charge in [0.2, 0.25) is 0 Å². The molecule has 0 radical (unpaired) electrons. The van der Waals surface area contributed by atoms with E-state index in [2.05, 4.69) is 58.3 Å². The third kappa shape index (κ3) is 5.37. The zero-order valence-corrected chi connectivity index (χ0v) is 14.8. The summed E-state index contributed by atoms with van der Waals surface area (Å²) in [5.74, 6) is 0. The average Bonchev–Trinajstić information content (AvgIpc) is 2.88. The molecule has 1 aromatic carbocycles. The van der Waals surface area contributed by atoms with Crippen molar-refractivity contribution in [2.24, 2.45) is 0 Å². The minimum absolute atomic E-state index is 0.693. The van der Waals surface area contributed by atoms with Crippen LogP contribution in [0.15, 0.2) is 22.7 Å². The number of halogens is 1. The first-order valence-electron chi connectivity index (χ1n) is 7.96. The topological polar surface area (TPSA) is 24.5 Å². The number of hydrogen-bond acceptors (Lipinski definition) is 3. The van der Waals surface area contributed by atoms with Crippen molar-refractivity contribution in [2.75, 3.05) is 26.7 Å². The van der Waals surface area contributed by atoms with E-state index in [1.54, 1.807) is 0 Å². The minimum Gasteiger partial charge on any atom is -0.377 e. The van der Waals surface area contributed by atoms with E-state index in [0.29, 0.717) is 6.61 Å². The van der Waals surface area contributed by atoms with E-state index in [1.165, 1.54) is 30.5 Å². The fraction of sp³-hybridized carbons (Fsp3) is 0.647. The molecule has 3 nitrogen and oxygen atoms in total. The first-order valence-corrected chi connectivity index (χ1v) is 8.76. The van der Waals surface area contributed by atoms with E-state index in [9.17, 15) is 0 Å². The number of nitrogens with one attached hydrogen (secondary N) is 1. The average molecular weight is 355 g/mol. The van der Waals surface area contributed by atoms with Crippen LogP contribution in [0.5, 0.6) is 0 Å². The molecule has 0 saturated carbocycles. The molecule has 0 amide bonds. The Morgan fingerprint density at radius 2 is 2.29 bits per heavy atom. The van der Waals surface area contributed by atoms with E-state index < -0.39 is 0 Å². The van der Waals surface area contributed by atoms with E-state index in [4.69, 9.17) is 4.74 Å². The molecule has 1 heterocycles. The molecule has 21 heavy (non-hydrogen) atoms. The van der Waals surface area contributed by atoms with E-state index in [1.807, 2.05) is 0 Å². The molecular formula is C17H27BrN2O. The third-order valence-corrected chi connectivity index (χ3v) is 4.96. The lowest BCUT2D eigenvalue weighted by Crippen LogP contribution is -2.26. The molecule has 118 valence electrons. The molecule has 0 aliphatic carbocycles. The second kappa shape index (κ2) is 8.89. The van der Waals surface area contributed by atoms with Gasteiger partial charge in [-0.25, -0.2) is 0 Å². The monoisotopic (exact) mass is 354 g/mol. The van der Waals surface area contributed by atoms with Crippen LogP contribution in [0.2, 0.25) is 0 Å². The minimum atomic E-state index is 0.693. The Bertz CT molecular complexity index is 439. The number of benzene rings is 1. The first kappa shape index (κ1) is 16.9. The molecule has 4 heteroatoms.